The predicted octanol–water partition coefficient (Wildman–Crippen LogP) is 9.08. The van der Waals surface area contributed by atoms with Gasteiger partial charge in [-0.15, -0.1) is 0 Å². The van der Waals surface area contributed by atoms with E-state index in [1.165, 1.54) is 76.5 Å². The minimum atomic E-state index is 0.750. The lowest BCUT2D eigenvalue weighted by Gasteiger charge is -2.15. The molecule has 6 rings (SSSR count). The fourth-order valence-corrected chi connectivity index (χ4v) is 5.27. The van der Waals surface area contributed by atoms with E-state index in [1.807, 2.05) is 0 Å². The van der Waals surface area contributed by atoms with Gasteiger partial charge in [0, 0.05) is 0 Å². The van der Waals surface area contributed by atoms with Gasteiger partial charge in [0.25, 0.3) is 0 Å². The van der Waals surface area contributed by atoms with Crippen LogP contribution in [0.5, 0.6) is 0 Å². The van der Waals surface area contributed by atoms with Crippen LogP contribution in [-0.2, 0) is 9.59 Å². The van der Waals surface area contributed by atoms with Crippen molar-refractivity contribution < 1.29 is 9.59 Å². The van der Waals surface area contributed by atoms with Gasteiger partial charge >= 0.3 is 0 Å². The molecule has 0 aromatic heterocycles. The highest BCUT2D eigenvalue weighted by Gasteiger charge is 2.11. The number of nitrogens with one attached hydrogen (secondary N) is 2. The maximum Gasteiger partial charge on any atom is 0.231 e. The molecule has 38 heavy (non-hydrogen) atoms. The first-order valence-electron chi connectivity index (χ1n) is 12.4. The lowest BCUT2D eigenvalue weighted by molar-refractivity contribution is 0.562. The topological polar surface area (TPSA) is 81.8 Å². The van der Waals surface area contributed by atoms with Gasteiger partial charge in [0.05, 0.1) is 0 Å². The van der Waals surface area contributed by atoms with Gasteiger partial charge in [0.1, 0.15) is 0 Å². The van der Waals surface area contributed by atoms with Gasteiger partial charge in [-0.2, -0.15) is 0 Å². The molecular formula is C34H32N2O2. The molecule has 4 heteroatoms. The Kier molecular flexibility index (Phi) is 8.89. The standard InChI is InChI=1S/C20H12.C12H18.2CHNO/c1-5-13-6-2-11-17-18-12-4-8-14-7-3-10-16(20(14)18)15(9-1)19(13)17;1-7-8(2)10(4)12(6)11(5)9(7)3;2*2-1-3/h1-12H;1-6H3;2*2H. The molecule has 0 heterocycles. The highest BCUT2D eigenvalue weighted by atomic mass is 16.1. The van der Waals surface area contributed by atoms with E-state index >= 15 is 0 Å². The van der Waals surface area contributed by atoms with Crippen LogP contribution in [0, 0.1) is 52.4 Å². The van der Waals surface area contributed by atoms with Gasteiger partial charge in [0.15, 0.2) is 0 Å². The van der Waals surface area contributed by atoms with E-state index < -0.39 is 0 Å². The van der Waals surface area contributed by atoms with Crippen molar-refractivity contribution in [1.29, 1.82) is 10.8 Å². The molecule has 0 saturated heterocycles. The zero-order valence-corrected chi connectivity index (χ0v) is 22.7. The fourth-order valence-electron chi connectivity index (χ4n) is 5.27. The first-order valence-corrected chi connectivity index (χ1v) is 12.4. The summed E-state index contributed by atoms with van der Waals surface area (Å²) in [6.45, 7) is 13.3. The maximum absolute atomic E-state index is 8.35. The van der Waals surface area contributed by atoms with Crippen molar-refractivity contribution in [3.63, 3.8) is 0 Å². The normalized spacial score (nSPS) is 10.1. The summed E-state index contributed by atoms with van der Waals surface area (Å²) in [6.07, 6.45) is 1.50. The molecular weight excluding hydrogens is 468 g/mol. The average Bonchev–Trinajstić information content (AvgIpc) is 2.94. The second kappa shape index (κ2) is 12.1. The fraction of sp³-hybridized carbons (Fsp3) is 0.176. The van der Waals surface area contributed by atoms with Crippen LogP contribution in [-0.4, -0.2) is 12.2 Å². The third kappa shape index (κ3) is 5.10. The van der Waals surface area contributed by atoms with Crippen molar-refractivity contribution in [3.8, 4) is 0 Å². The lowest BCUT2D eigenvalue weighted by Crippen LogP contribution is -1.98. The molecule has 0 saturated carbocycles. The minimum absolute atomic E-state index is 0.750. The van der Waals surface area contributed by atoms with Crippen molar-refractivity contribution in [2.75, 3.05) is 0 Å². The molecule has 6 aromatic rings. The van der Waals surface area contributed by atoms with Crippen molar-refractivity contribution in [1.82, 2.24) is 0 Å². The number of rotatable bonds is 0. The molecule has 6 aromatic carbocycles. The number of benzene rings is 6. The van der Waals surface area contributed by atoms with Gasteiger partial charge in [0.2, 0.25) is 12.2 Å². The number of carbonyl (C=O) groups excluding carboxylic acids is 2. The maximum atomic E-state index is 8.35. The van der Waals surface area contributed by atoms with E-state index in [1.54, 1.807) is 0 Å². The van der Waals surface area contributed by atoms with Crippen LogP contribution in [0.25, 0.3) is 43.1 Å². The number of hydrogen-bond donors (Lipinski definition) is 2. The average molecular weight is 501 g/mol. The minimum Gasteiger partial charge on any atom is -0.222 e. The summed E-state index contributed by atoms with van der Waals surface area (Å²) in [4.78, 5) is 16.7. The quantitative estimate of drug-likeness (QED) is 0.0943. The Hall–Kier alpha value is -4.62. The van der Waals surface area contributed by atoms with Gasteiger partial charge < -0.3 is 0 Å². The summed E-state index contributed by atoms with van der Waals surface area (Å²) in [6, 6.07) is 26.4. The van der Waals surface area contributed by atoms with Crippen LogP contribution < -0.4 is 0 Å². The van der Waals surface area contributed by atoms with Crippen molar-refractivity contribution in [2.45, 2.75) is 41.5 Å². The van der Waals surface area contributed by atoms with Gasteiger partial charge in [-0.05, 0) is 118 Å². The van der Waals surface area contributed by atoms with Crippen LogP contribution in [0.2, 0.25) is 0 Å². The highest BCUT2D eigenvalue weighted by Crippen LogP contribution is 2.39. The van der Waals surface area contributed by atoms with Crippen LogP contribution in [0.4, 0.5) is 0 Å². The zero-order valence-electron chi connectivity index (χ0n) is 22.7. The Labute approximate surface area is 223 Å². The van der Waals surface area contributed by atoms with Crippen LogP contribution in [0.1, 0.15) is 33.4 Å². The second-order valence-corrected chi connectivity index (χ2v) is 9.37. The number of fused-ring (bicyclic) bond motifs is 2. The monoisotopic (exact) mass is 500 g/mol. The van der Waals surface area contributed by atoms with E-state index in [0.29, 0.717) is 0 Å². The third-order valence-electron chi connectivity index (χ3n) is 7.76. The summed E-state index contributed by atoms with van der Waals surface area (Å²) in [7, 11) is 0. The van der Waals surface area contributed by atoms with Crippen molar-refractivity contribution in [2.24, 2.45) is 0 Å². The summed E-state index contributed by atoms with van der Waals surface area (Å²) in [5, 5.41) is 21.7. The van der Waals surface area contributed by atoms with Gasteiger partial charge in [-0.3, -0.25) is 0 Å². The predicted molar refractivity (Wildman–Crippen MR) is 159 cm³/mol. The van der Waals surface area contributed by atoms with E-state index in [0.717, 1.165) is 12.2 Å². The van der Waals surface area contributed by atoms with Gasteiger partial charge in [-0.25, -0.2) is 20.4 Å². The Morgan fingerprint density at radius 3 is 0.789 bits per heavy atom. The van der Waals surface area contributed by atoms with Gasteiger partial charge in [-0.1, -0.05) is 72.8 Å². The Balaban J connectivity index is 0.000000191. The summed E-state index contributed by atoms with van der Waals surface area (Å²) in [5.41, 5.74) is 8.73. The molecule has 4 nitrogen and oxygen atoms in total. The van der Waals surface area contributed by atoms with Crippen LogP contribution in [0.3, 0.4) is 0 Å². The SMILES string of the molecule is Cc1c(C)c(C)c(C)c(C)c1C.N=C=O.N=C=O.c1cc2cccc3c4cccc5cccc(c(c1)c23)c54. The van der Waals surface area contributed by atoms with Crippen LogP contribution >= 0.6 is 0 Å². The van der Waals surface area contributed by atoms with Crippen LogP contribution in [0.15, 0.2) is 72.8 Å². The highest BCUT2D eigenvalue weighted by molar-refractivity contribution is 6.32. The largest absolute Gasteiger partial charge is 0.231 e. The molecule has 0 atom stereocenters. The smallest absolute Gasteiger partial charge is 0.222 e. The summed E-state index contributed by atoms with van der Waals surface area (Å²) >= 11 is 0. The third-order valence-corrected chi connectivity index (χ3v) is 7.76. The first kappa shape index (κ1) is 28.0. The molecule has 190 valence electrons. The Bertz CT molecular complexity index is 1530. The second-order valence-electron chi connectivity index (χ2n) is 9.37. The molecule has 0 unspecified atom stereocenters. The Morgan fingerprint density at radius 1 is 0.421 bits per heavy atom. The summed E-state index contributed by atoms with van der Waals surface area (Å²) < 4.78 is 0. The Morgan fingerprint density at radius 2 is 0.605 bits per heavy atom. The molecule has 0 amide bonds. The summed E-state index contributed by atoms with van der Waals surface area (Å²) in [5.74, 6) is 0. The van der Waals surface area contributed by atoms with Crippen molar-refractivity contribution >= 4 is 55.2 Å². The molecule has 0 aliphatic rings. The molecule has 0 aliphatic carbocycles. The zero-order chi connectivity index (χ0) is 28.0. The molecule has 0 aliphatic heterocycles. The van der Waals surface area contributed by atoms with E-state index in [9.17, 15) is 0 Å². The molecule has 0 bridgehead atoms. The van der Waals surface area contributed by atoms with E-state index in [4.69, 9.17) is 20.4 Å². The number of hydrogen-bond acceptors (Lipinski definition) is 4. The molecule has 0 fully saturated rings. The van der Waals surface area contributed by atoms with E-state index in [2.05, 4.69) is 114 Å². The lowest BCUT2D eigenvalue weighted by atomic mass is 9.90. The molecule has 0 spiro atoms. The van der Waals surface area contributed by atoms with Crippen molar-refractivity contribution in [3.05, 3.63) is 106 Å². The van der Waals surface area contributed by atoms with E-state index in [-0.39, 0.29) is 0 Å². The molecule has 0 radical (unpaired) electrons. The number of isocyanates is 2. The molecule has 2 N–H and O–H groups in total. The first-order chi connectivity index (χ1) is 18.2.